The van der Waals surface area contributed by atoms with Crippen LogP contribution in [0.1, 0.15) is 26.3 Å². The molecule has 0 aliphatic carbocycles. The van der Waals surface area contributed by atoms with Crippen molar-refractivity contribution in [2.45, 2.75) is 6.42 Å². The summed E-state index contributed by atoms with van der Waals surface area (Å²) in [4.78, 5) is 25.7. The maximum Gasteiger partial charge on any atom is 0.259 e. The van der Waals surface area contributed by atoms with Gasteiger partial charge in [-0.2, -0.15) is 0 Å². The lowest BCUT2D eigenvalue weighted by molar-refractivity contribution is 0.0880. The van der Waals surface area contributed by atoms with Gasteiger partial charge in [-0.25, -0.2) is 0 Å². The summed E-state index contributed by atoms with van der Waals surface area (Å²) in [5.41, 5.74) is 4.86. The maximum atomic E-state index is 12.9. The van der Waals surface area contributed by atoms with Crippen molar-refractivity contribution in [1.82, 2.24) is 9.88 Å². The highest BCUT2D eigenvalue weighted by Gasteiger charge is 2.34. The topological polar surface area (TPSA) is 60.3 Å². The Kier molecular flexibility index (Phi) is 4.38. The molecule has 0 radical (unpaired) electrons. The zero-order valence-corrected chi connectivity index (χ0v) is 17.8. The van der Waals surface area contributed by atoms with Gasteiger partial charge in [-0.05, 0) is 41.8 Å². The number of amides is 2. The van der Waals surface area contributed by atoms with Gasteiger partial charge in [-0.3, -0.25) is 14.9 Å². The second-order valence-electron chi connectivity index (χ2n) is 7.56. The lowest BCUT2D eigenvalue weighted by atomic mass is 9.92. The SMILES string of the molecule is C=CCc1cc2c(cc1OC)c1c3c(c(-c4ccccc4Cl)cc1n2C)C(=O)NC3=O. The Bertz CT molecular complexity index is 1450. The molecule has 1 aliphatic rings. The van der Waals surface area contributed by atoms with E-state index in [-0.39, 0.29) is 0 Å². The molecule has 1 N–H and O–H groups in total. The van der Waals surface area contributed by atoms with Crippen LogP contribution in [-0.2, 0) is 13.5 Å². The fraction of sp³-hybridized carbons (Fsp3) is 0.120. The summed E-state index contributed by atoms with van der Waals surface area (Å²) in [6, 6.07) is 13.2. The van der Waals surface area contributed by atoms with Crippen LogP contribution in [0.3, 0.4) is 0 Å². The number of ether oxygens (including phenoxy) is 1. The van der Waals surface area contributed by atoms with Gasteiger partial charge < -0.3 is 9.30 Å². The normalized spacial score (nSPS) is 13.0. The van der Waals surface area contributed by atoms with Gasteiger partial charge >= 0.3 is 0 Å². The minimum absolute atomic E-state index is 0.354. The van der Waals surface area contributed by atoms with Crippen molar-refractivity contribution >= 4 is 45.2 Å². The van der Waals surface area contributed by atoms with Gasteiger partial charge in [-0.1, -0.05) is 35.9 Å². The number of hydrogen-bond acceptors (Lipinski definition) is 3. The van der Waals surface area contributed by atoms with Gasteiger partial charge in [0.1, 0.15) is 5.75 Å². The number of fused-ring (bicyclic) bond motifs is 5. The van der Waals surface area contributed by atoms with Crippen molar-refractivity contribution in [3.05, 3.63) is 76.8 Å². The Labute approximate surface area is 183 Å². The van der Waals surface area contributed by atoms with E-state index in [2.05, 4.69) is 11.9 Å². The lowest BCUT2D eigenvalue weighted by Gasteiger charge is -2.10. The number of hydrogen-bond donors (Lipinski definition) is 1. The fourth-order valence-corrected chi connectivity index (χ4v) is 4.75. The molecule has 0 spiro atoms. The number of halogens is 1. The molecule has 0 atom stereocenters. The van der Waals surface area contributed by atoms with E-state index in [1.54, 1.807) is 13.2 Å². The van der Waals surface area contributed by atoms with E-state index in [4.69, 9.17) is 16.3 Å². The molecule has 2 heterocycles. The molecule has 1 aliphatic heterocycles. The molecule has 0 fully saturated rings. The molecule has 0 saturated carbocycles. The molecular weight excluding hydrogens is 412 g/mol. The predicted octanol–water partition coefficient (Wildman–Crippen LogP) is 5.27. The molecule has 3 aromatic carbocycles. The van der Waals surface area contributed by atoms with Crippen LogP contribution in [0.2, 0.25) is 5.02 Å². The van der Waals surface area contributed by atoms with Crippen molar-refractivity contribution in [2.75, 3.05) is 7.11 Å². The molecule has 31 heavy (non-hydrogen) atoms. The van der Waals surface area contributed by atoms with Gasteiger partial charge in [0.15, 0.2) is 0 Å². The van der Waals surface area contributed by atoms with Gasteiger partial charge in [0.25, 0.3) is 11.8 Å². The van der Waals surface area contributed by atoms with Crippen LogP contribution >= 0.6 is 11.6 Å². The summed E-state index contributed by atoms with van der Waals surface area (Å²) < 4.78 is 7.63. The molecule has 0 unspecified atom stereocenters. The van der Waals surface area contributed by atoms with E-state index in [9.17, 15) is 9.59 Å². The monoisotopic (exact) mass is 430 g/mol. The first-order chi connectivity index (χ1) is 15.0. The molecule has 4 aromatic rings. The molecule has 1 aromatic heterocycles. The average molecular weight is 431 g/mol. The number of rotatable bonds is 4. The van der Waals surface area contributed by atoms with Crippen molar-refractivity contribution in [1.29, 1.82) is 0 Å². The van der Waals surface area contributed by atoms with Crippen LogP contribution in [0.15, 0.2) is 55.1 Å². The molecule has 154 valence electrons. The third-order valence-corrected chi connectivity index (χ3v) is 6.24. The van der Waals surface area contributed by atoms with Gasteiger partial charge in [0.2, 0.25) is 0 Å². The molecule has 6 heteroatoms. The summed E-state index contributed by atoms with van der Waals surface area (Å²) in [6.45, 7) is 3.83. The summed E-state index contributed by atoms with van der Waals surface area (Å²) >= 11 is 6.46. The smallest absolute Gasteiger partial charge is 0.259 e. The van der Waals surface area contributed by atoms with E-state index in [0.29, 0.717) is 39.4 Å². The first-order valence-corrected chi connectivity index (χ1v) is 10.2. The summed E-state index contributed by atoms with van der Waals surface area (Å²) in [5.74, 6) is -0.0989. The number of aromatic nitrogens is 1. The van der Waals surface area contributed by atoms with Crippen LogP contribution < -0.4 is 10.1 Å². The Morgan fingerprint density at radius 1 is 1.06 bits per heavy atom. The maximum absolute atomic E-state index is 12.9. The lowest BCUT2D eigenvalue weighted by Crippen LogP contribution is -2.20. The first kappa shape index (κ1) is 19.4. The number of benzene rings is 3. The van der Waals surface area contributed by atoms with Crippen LogP contribution in [0.25, 0.3) is 32.9 Å². The molecule has 5 nitrogen and oxygen atoms in total. The van der Waals surface area contributed by atoms with Crippen molar-refractivity contribution in [3.8, 4) is 16.9 Å². The zero-order chi connectivity index (χ0) is 21.9. The van der Waals surface area contributed by atoms with Gasteiger partial charge in [0.05, 0.1) is 23.8 Å². The van der Waals surface area contributed by atoms with Crippen LogP contribution in [-0.4, -0.2) is 23.5 Å². The Balaban J connectivity index is 1.97. The molecule has 2 amide bonds. The van der Waals surface area contributed by atoms with Gasteiger partial charge in [-0.15, -0.1) is 6.58 Å². The minimum Gasteiger partial charge on any atom is -0.496 e. The summed E-state index contributed by atoms with van der Waals surface area (Å²) in [5, 5.41) is 4.57. The Morgan fingerprint density at radius 2 is 1.81 bits per heavy atom. The standard InChI is InChI=1S/C25H19ClN2O3/c1-4-7-13-10-18-16(12-20(13)31-3)21-19(28(18)2)11-15(14-8-5-6-9-17(14)26)22-23(21)25(30)27-24(22)29/h4-6,8-12H,1,7H2,2-3H3,(H,27,29,30). The Morgan fingerprint density at radius 3 is 2.52 bits per heavy atom. The van der Waals surface area contributed by atoms with Gasteiger partial charge in [0, 0.05) is 33.9 Å². The first-order valence-electron chi connectivity index (χ1n) is 9.83. The molecule has 5 rings (SSSR count). The highest BCUT2D eigenvalue weighted by molar-refractivity contribution is 6.36. The highest BCUT2D eigenvalue weighted by atomic mass is 35.5. The van der Waals surface area contributed by atoms with E-state index in [1.165, 1.54) is 0 Å². The van der Waals surface area contributed by atoms with Crippen LogP contribution in [0, 0.1) is 0 Å². The number of nitrogens with one attached hydrogen (secondary N) is 1. The molecule has 0 bridgehead atoms. The number of aryl methyl sites for hydroxylation is 1. The predicted molar refractivity (Wildman–Crippen MR) is 123 cm³/mol. The van der Waals surface area contributed by atoms with E-state index in [0.717, 1.165) is 27.4 Å². The third-order valence-electron chi connectivity index (χ3n) is 5.91. The van der Waals surface area contributed by atoms with Crippen LogP contribution in [0.4, 0.5) is 0 Å². The highest BCUT2D eigenvalue weighted by Crippen LogP contribution is 2.43. The van der Waals surface area contributed by atoms with Crippen LogP contribution in [0.5, 0.6) is 5.75 Å². The van der Waals surface area contributed by atoms with E-state index in [1.807, 2.05) is 54.1 Å². The minimum atomic E-state index is -0.413. The zero-order valence-electron chi connectivity index (χ0n) is 17.1. The summed E-state index contributed by atoms with van der Waals surface area (Å²) in [6.07, 6.45) is 2.48. The molecule has 0 saturated heterocycles. The second-order valence-corrected chi connectivity index (χ2v) is 7.97. The summed E-state index contributed by atoms with van der Waals surface area (Å²) in [7, 11) is 3.57. The second kappa shape index (κ2) is 7.00. The average Bonchev–Trinajstić information content (AvgIpc) is 3.21. The number of imide groups is 1. The number of carbonyl (C=O) groups is 2. The molecular formula is C25H19ClN2O3. The number of allylic oxidation sites excluding steroid dienone is 1. The number of carbonyl (C=O) groups excluding carboxylic acids is 2. The fourth-order valence-electron chi connectivity index (χ4n) is 4.51. The third kappa shape index (κ3) is 2.70. The van der Waals surface area contributed by atoms with E-state index >= 15 is 0 Å². The van der Waals surface area contributed by atoms with Crippen molar-refractivity contribution in [2.24, 2.45) is 7.05 Å². The van der Waals surface area contributed by atoms with Crippen molar-refractivity contribution < 1.29 is 14.3 Å². The Hall–Kier alpha value is -3.57. The number of methoxy groups -OCH3 is 1. The van der Waals surface area contributed by atoms with Crippen molar-refractivity contribution in [3.63, 3.8) is 0 Å². The number of nitrogens with zero attached hydrogens (tertiary/aromatic N) is 1. The largest absolute Gasteiger partial charge is 0.496 e. The quantitative estimate of drug-likeness (QED) is 0.354. The van der Waals surface area contributed by atoms with E-state index < -0.39 is 11.8 Å².